The van der Waals surface area contributed by atoms with Crippen LogP contribution in [0.1, 0.15) is 0 Å². The van der Waals surface area contributed by atoms with E-state index in [1.54, 1.807) is 24.3 Å². The number of nitrogens with zero attached hydrogens (tertiary/aromatic N) is 4. The van der Waals surface area contributed by atoms with Crippen LogP contribution in [0, 0.1) is 0 Å². The van der Waals surface area contributed by atoms with Crippen LogP contribution in [0.15, 0.2) is 97.6 Å². The molecule has 0 fully saturated rings. The summed E-state index contributed by atoms with van der Waals surface area (Å²) in [5.41, 5.74) is -1.19. The van der Waals surface area contributed by atoms with Gasteiger partial charge in [-0.1, -0.05) is 24.3 Å². The van der Waals surface area contributed by atoms with E-state index >= 15 is 0 Å². The first kappa shape index (κ1) is 42.4. The van der Waals surface area contributed by atoms with Crippen molar-refractivity contribution in [3.05, 3.63) is 97.6 Å². The summed E-state index contributed by atoms with van der Waals surface area (Å²) < 4.78 is 41.4. The standard InChI is InChI=1S/4C5H6NO3P.2Cu/c4*7-10(8,9)5-3-1-2-4-6-5;;/h4*1-4H,(H2,7,8,9);;/q;;;;2*+2/p-4. The number of hydrogen-bond acceptors (Lipinski definition) is 12. The molecule has 4 heterocycles. The van der Waals surface area contributed by atoms with Crippen LogP contribution in [0.2, 0.25) is 0 Å². The van der Waals surface area contributed by atoms with Crippen molar-refractivity contribution >= 4 is 52.1 Å². The van der Waals surface area contributed by atoms with Crippen molar-refractivity contribution in [2.24, 2.45) is 0 Å². The molecular formula is C20H20Cu2N4O12P4. The Morgan fingerprint density at radius 2 is 0.571 bits per heavy atom. The van der Waals surface area contributed by atoms with Crippen molar-refractivity contribution in [1.82, 2.24) is 19.9 Å². The number of pyridine rings is 4. The SMILES string of the molecule is O=P([O-])(O)c1ccccn1.O=P([O-])(O)c1ccccn1.O=P([O-])(O)c1ccccn1.O=P([O-])(O)c1ccccn1.[Cu+2].[Cu+2]. The smallest absolute Gasteiger partial charge is 0.774 e. The van der Waals surface area contributed by atoms with E-state index in [9.17, 15) is 37.8 Å². The molecule has 0 aliphatic heterocycles. The molecule has 0 aliphatic rings. The Kier molecular flexibility index (Phi) is 19.7. The van der Waals surface area contributed by atoms with Crippen LogP contribution in [0.5, 0.6) is 0 Å². The molecule has 0 amide bonds. The fraction of sp³-hybridized carbons (Fsp3) is 0. The Morgan fingerprint density at radius 1 is 0.405 bits per heavy atom. The van der Waals surface area contributed by atoms with Gasteiger partial charge in [0.25, 0.3) is 0 Å². The van der Waals surface area contributed by atoms with Crippen LogP contribution < -0.4 is 41.3 Å². The van der Waals surface area contributed by atoms with E-state index in [1.165, 1.54) is 73.3 Å². The predicted octanol–water partition coefficient (Wildman–Crippen LogP) is -2.99. The fourth-order valence-electron chi connectivity index (χ4n) is 2.08. The van der Waals surface area contributed by atoms with Gasteiger partial charge in [-0.25, -0.2) is 0 Å². The van der Waals surface area contributed by atoms with E-state index in [-0.39, 0.29) is 55.9 Å². The molecular weight excluding hydrogens is 739 g/mol. The van der Waals surface area contributed by atoms with Crippen LogP contribution in [0.4, 0.5) is 0 Å². The van der Waals surface area contributed by atoms with Gasteiger partial charge in [0.15, 0.2) is 30.4 Å². The fourth-order valence-corrected chi connectivity index (χ4v) is 4.03. The normalized spacial score (nSPS) is 15.4. The molecule has 4 aromatic heterocycles. The van der Waals surface area contributed by atoms with E-state index in [2.05, 4.69) is 19.9 Å². The summed E-state index contributed by atoms with van der Waals surface area (Å²) >= 11 is 0. The molecule has 4 N–H and O–H groups in total. The van der Waals surface area contributed by atoms with E-state index in [1.807, 2.05) is 0 Å². The average Bonchev–Trinajstić information content (AvgIpc) is 2.90. The van der Waals surface area contributed by atoms with Gasteiger partial charge in [0.05, 0.1) is 0 Å². The summed E-state index contributed by atoms with van der Waals surface area (Å²) in [5, 5.41) is 0. The molecule has 16 nitrogen and oxygen atoms in total. The second kappa shape index (κ2) is 19.5. The summed E-state index contributed by atoms with van der Waals surface area (Å²) in [6.45, 7) is 0. The third-order valence-electron chi connectivity index (χ3n) is 3.76. The Labute approximate surface area is 260 Å². The number of rotatable bonds is 4. The topological polar surface area (TPSA) is 293 Å². The summed E-state index contributed by atoms with van der Waals surface area (Å²) in [5.74, 6) is 0. The van der Waals surface area contributed by atoms with Crippen molar-refractivity contribution in [1.29, 1.82) is 0 Å². The molecule has 0 bridgehead atoms. The van der Waals surface area contributed by atoms with Crippen molar-refractivity contribution in [3.8, 4) is 0 Å². The second-order valence-electron chi connectivity index (χ2n) is 6.83. The minimum absolute atomic E-state index is 0. The van der Waals surface area contributed by atoms with E-state index in [0.29, 0.717) is 0 Å². The van der Waals surface area contributed by atoms with Gasteiger partial charge in [-0.2, -0.15) is 0 Å². The number of aromatic nitrogens is 4. The molecule has 0 aliphatic carbocycles. The molecule has 2 radical (unpaired) electrons. The van der Waals surface area contributed by atoms with Crippen LogP contribution in [0.3, 0.4) is 0 Å². The zero-order chi connectivity index (χ0) is 30.5. The van der Waals surface area contributed by atoms with Gasteiger partial charge < -0.3 is 57.4 Å². The Hall–Kier alpha value is -1.76. The van der Waals surface area contributed by atoms with Gasteiger partial charge in [-0.3, -0.25) is 19.9 Å². The molecule has 0 spiro atoms. The maximum Gasteiger partial charge on any atom is 2.00 e. The van der Waals surface area contributed by atoms with Crippen LogP contribution in [-0.2, 0) is 52.4 Å². The van der Waals surface area contributed by atoms with Gasteiger partial charge >= 0.3 is 34.1 Å². The summed E-state index contributed by atoms with van der Waals surface area (Å²) in [7, 11) is -17.5. The first-order valence-electron chi connectivity index (χ1n) is 10.2. The molecule has 42 heavy (non-hydrogen) atoms. The monoisotopic (exact) mass is 758 g/mol. The summed E-state index contributed by atoms with van der Waals surface area (Å²) in [6.07, 6.45) is 5.21. The van der Waals surface area contributed by atoms with Crippen LogP contribution in [-0.4, -0.2) is 39.5 Å². The van der Waals surface area contributed by atoms with Gasteiger partial charge in [0, 0.05) is 24.8 Å². The molecule has 0 saturated heterocycles. The van der Waals surface area contributed by atoms with Crippen molar-refractivity contribution in [3.63, 3.8) is 0 Å². The first-order chi connectivity index (χ1) is 18.4. The second-order valence-corrected chi connectivity index (χ2v) is 12.8. The van der Waals surface area contributed by atoms with E-state index in [4.69, 9.17) is 19.6 Å². The van der Waals surface area contributed by atoms with E-state index in [0.717, 1.165) is 0 Å². The molecule has 22 heteroatoms. The van der Waals surface area contributed by atoms with Gasteiger partial charge in [-0.05, 0) is 48.5 Å². The third kappa shape index (κ3) is 18.0. The maximum absolute atomic E-state index is 10.4. The zero-order valence-electron chi connectivity index (χ0n) is 20.5. The molecule has 0 aromatic carbocycles. The van der Waals surface area contributed by atoms with Crippen LogP contribution in [0.25, 0.3) is 0 Å². The minimum Gasteiger partial charge on any atom is -0.774 e. The summed E-state index contributed by atoms with van der Waals surface area (Å²) in [4.78, 5) is 88.8. The van der Waals surface area contributed by atoms with Crippen molar-refractivity contribution in [2.75, 3.05) is 0 Å². The van der Waals surface area contributed by atoms with Crippen LogP contribution >= 0.6 is 30.4 Å². The average molecular weight is 759 g/mol. The van der Waals surface area contributed by atoms with Crippen molar-refractivity contribution < 1.29 is 91.5 Å². The number of hydrogen-bond donors (Lipinski definition) is 4. The maximum atomic E-state index is 10.4. The Morgan fingerprint density at radius 3 is 0.643 bits per heavy atom. The van der Waals surface area contributed by atoms with Crippen molar-refractivity contribution in [2.45, 2.75) is 0 Å². The zero-order valence-corrected chi connectivity index (χ0v) is 25.9. The Bertz CT molecular complexity index is 1260. The molecule has 4 aromatic rings. The largest absolute Gasteiger partial charge is 2.00 e. The van der Waals surface area contributed by atoms with Gasteiger partial charge in [0.1, 0.15) is 21.7 Å². The molecule has 0 saturated carbocycles. The summed E-state index contributed by atoms with van der Waals surface area (Å²) in [6, 6.07) is 17.2. The molecule has 4 atom stereocenters. The van der Waals surface area contributed by atoms with Gasteiger partial charge in [-0.15, -0.1) is 0 Å². The van der Waals surface area contributed by atoms with E-state index < -0.39 is 30.4 Å². The molecule has 4 rings (SSSR count). The minimum atomic E-state index is -4.38. The third-order valence-corrected chi connectivity index (χ3v) is 7.13. The molecule has 234 valence electrons. The molecule has 4 unspecified atom stereocenters. The quantitative estimate of drug-likeness (QED) is 0.119. The predicted molar refractivity (Wildman–Crippen MR) is 135 cm³/mol. The first-order valence-corrected chi connectivity index (χ1v) is 16.5. The van der Waals surface area contributed by atoms with Gasteiger partial charge in [0.2, 0.25) is 0 Å². The Balaban J connectivity index is 0.